The summed E-state index contributed by atoms with van der Waals surface area (Å²) in [5, 5.41) is 0. The van der Waals surface area contributed by atoms with Gasteiger partial charge in [-0.25, -0.2) is 0 Å². The van der Waals surface area contributed by atoms with Gasteiger partial charge in [-0.1, -0.05) is 19.3 Å². The van der Waals surface area contributed by atoms with Gasteiger partial charge in [-0.3, -0.25) is 4.79 Å². The quantitative estimate of drug-likeness (QED) is 0.722. The van der Waals surface area contributed by atoms with Crippen LogP contribution in [0.25, 0.3) is 0 Å². The molecule has 0 aromatic rings. The fourth-order valence-electron chi connectivity index (χ4n) is 2.46. The van der Waals surface area contributed by atoms with Crippen molar-refractivity contribution < 1.29 is 9.53 Å². The van der Waals surface area contributed by atoms with Crippen LogP contribution < -0.4 is 5.73 Å². The maximum absolute atomic E-state index is 11.6. The molecule has 0 aromatic carbocycles. The van der Waals surface area contributed by atoms with Gasteiger partial charge in [0.15, 0.2) is 0 Å². The molecule has 2 aliphatic rings. The summed E-state index contributed by atoms with van der Waals surface area (Å²) in [7, 11) is 0. The van der Waals surface area contributed by atoms with Crippen molar-refractivity contribution in [3.05, 3.63) is 0 Å². The van der Waals surface area contributed by atoms with Crippen molar-refractivity contribution in [2.45, 2.75) is 51.0 Å². The van der Waals surface area contributed by atoms with Gasteiger partial charge in [0.1, 0.15) is 0 Å². The Kier molecular flexibility index (Phi) is 3.62. The molecule has 2 fully saturated rings. The predicted molar refractivity (Wildman–Crippen MR) is 58.2 cm³/mol. The maximum Gasteiger partial charge on any atom is 0.308 e. The Morgan fingerprint density at radius 1 is 1.27 bits per heavy atom. The second-order valence-electron chi connectivity index (χ2n) is 5.02. The van der Waals surface area contributed by atoms with Gasteiger partial charge in [-0.2, -0.15) is 0 Å². The molecule has 2 saturated carbocycles. The molecule has 86 valence electrons. The van der Waals surface area contributed by atoms with E-state index >= 15 is 0 Å². The van der Waals surface area contributed by atoms with E-state index in [1.54, 1.807) is 0 Å². The molecule has 15 heavy (non-hydrogen) atoms. The highest BCUT2D eigenvalue weighted by molar-refractivity contribution is 5.72. The molecular weight excluding hydrogens is 190 g/mol. The van der Waals surface area contributed by atoms with Gasteiger partial charge in [0.2, 0.25) is 0 Å². The summed E-state index contributed by atoms with van der Waals surface area (Å²) in [4.78, 5) is 11.6. The Balaban J connectivity index is 1.59. The first-order valence-electron chi connectivity index (χ1n) is 6.18. The van der Waals surface area contributed by atoms with Crippen molar-refractivity contribution in [3.8, 4) is 0 Å². The van der Waals surface area contributed by atoms with Crippen molar-refractivity contribution >= 4 is 5.97 Å². The van der Waals surface area contributed by atoms with Crippen LogP contribution in [0, 0.1) is 11.8 Å². The van der Waals surface area contributed by atoms with Gasteiger partial charge < -0.3 is 10.5 Å². The summed E-state index contributed by atoms with van der Waals surface area (Å²) in [6.45, 7) is 0.620. The summed E-state index contributed by atoms with van der Waals surface area (Å²) < 4.78 is 5.29. The summed E-state index contributed by atoms with van der Waals surface area (Å²) in [6, 6.07) is 0.217. The first kappa shape index (κ1) is 10.9. The molecule has 2 atom stereocenters. The lowest BCUT2D eigenvalue weighted by atomic mass is 9.83. The third kappa shape index (κ3) is 2.94. The molecule has 2 N–H and O–H groups in total. The Morgan fingerprint density at radius 3 is 2.60 bits per heavy atom. The average Bonchev–Trinajstić information content (AvgIpc) is 2.56. The smallest absolute Gasteiger partial charge is 0.308 e. The normalized spacial score (nSPS) is 31.3. The Labute approximate surface area is 91.4 Å². The fourth-order valence-corrected chi connectivity index (χ4v) is 2.46. The molecule has 0 bridgehead atoms. The van der Waals surface area contributed by atoms with Gasteiger partial charge in [0.05, 0.1) is 12.5 Å². The lowest BCUT2D eigenvalue weighted by Gasteiger charge is -2.25. The number of nitrogens with two attached hydrogens (primary N) is 1. The van der Waals surface area contributed by atoms with E-state index in [-0.39, 0.29) is 17.9 Å². The molecule has 0 aliphatic heterocycles. The van der Waals surface area contributed by atoms with Crippen LogP contribution in [-0.2, 0) is 9.53 Å². The highest BCUT2D eigenvalue weighted by Gasteiger charge is 2.29. The Hall–Kier alpha value is -0.570. The van der Waals surface area contributed by atoms with Crippen LogP contribution in [0.2, 0.25) is 0 Å². The van der Waals surface area contributed by atoms with Crippen molar-refractivity contribution in [1.29, 1.82) is 0 Å². The largest absolute Gasteiger partial charge is 0.465 e. The van der Waals surface area contributed by atoms with E-state index in [2.05, 4.69) is 0 Å². The van der Waals surface area contributed by atoms with Crippen LogP contribution in [-0.4, -0.2) is 18.6 Å². The topological polar surface area (TPSA) is 52.3 Å². The lowest BCUT2D eigenvalue weighted by molar-refractivity contribution is -0.148. The van der Waals surface area contributed by atoms with E-state index in [9.17, 15) is 4.79 Å². The molecule has 2 rings (SSSR count). The standard InChI is InChI=1S/C12H21NO2/c13-11-5-4-10(8-11)12(14)15-7-6-9-2-1-3-9/h9-11H,1-8,13H2. The van der Waals surface area contributed by atoms with Gasteiger partial charge in [-0.05, 0) is 31.6 Å². The molecule has 3 nitrogen and oxygen atoms in total. The summed E-state index contributed by atoms with van der Waals surface area (Å²) >= 11 is 0. The lowest BCUT2D eigenvalue weighted by Crippen LogP contribution is -2.21. The number of hydrogen-bond acceptors (Lipinski definition) is 3. The monoisotopic (exact) mass is 211 g/mol. The molecule has 0 heterocycles. The van der Waals surface area contributed by atoms with E-state index < -0.39 is 0 Å². The summed E-state index contributed by atoms with van der Waals surface area (Å²) in [6.07, 6.45) is 7.78. The maximum atomic E-state index is 11.6. The van der Waals surface area contributed by atoms with Crippen LogP contribution in [0.1, 0.15) is 44.9 Å². The van der Waals surface area contributed by atoms with Gasteiger partial charge in [-0.15, -0.1) is 0 Å². The first-order valence-corrected chi connectivity index (χ1v) is 6.18. The third-order valence-electron chi connectivity index (χ3n) is 3.80. The zero-order valence-corrected chi connectivity index (χ0v) is 9.28. The fraction of sp³-hybridized carbons (Fsp3) is 0.917. The highest BCUT2D eigenvalue weighted by Crippen LogP contribution is 2.30. The second kappa shape index (κ2) is 4.97. The van der Waals surface area contributed by atoms with Crippen LogP contribution in [0.15, 0.2) is 0 Å². The number of esters is 1. The van der Waals surface area contributed by atoms with Crippen LogP contribution in [0.5, 0.6) is 0 Å². The first-order chi connectivity index (χ1) is 7.25. The van der Waals surface area contributed by atoms with Gasteiger partial charge >= 0.3 is 5.97 Å². The number of ether oxygens (including phenoxy) is 1. The molecule has 3 heteroatoms. The van der Waals surface area contributed by atoms with E-state index in [0.29, 0.717) is 6.61 Å². The van der Waals surface area contributed by atoms with Gasteiger partial charge in [0, 0.05) is 6.04 Å². The number of hydrogen-bond donors (Lipinski definition) is 1. The van der Waals surface area contributed by atoms with Crippen molar-refractivity contribution in [1.82, 2.24) is 0 Å². The number of rotatable bonds is 4. The molecule has 0 spiro atoms. The Bertz CT molecular complexity index is 226. The molecule has 0 aromatic heterocycles. The Morgan fingerprint density at radius 2 is 2.07 bits per heavy atom. The van der Waals surface area contributed by atoms with Gasteiger partial charge in [0.25, 0.3) is 0 Å². The summed E-state index contributed by atoms with van der Waals surface area (Å²) in [5.74, 6) is 0.896. The predicted octanol–water partition coefficient (Wildman–Crippen LogP) is 1.85. The minimum Gasteiger partial charge on any atom is -0.465 e. The van der Waals surface area contributed by atoms with Crippen molar-refractivity contribution in [2.24, 2.45) is 17.6 Å². The van der Waals surface area contributed by atoms with Crippen molar-refractivity contribution in [3.63, 3.8) is 0 Å². The molecule has 2 aliphatic carbocycles. The SMILES string of the molecule is NC1CCC(C(=O)OCCC2CCC2)C1. The van der Waals surface area contributed by atoms with E-state index in [0.717, 1.165) is 31.6 Å². The average molecular weight is 211 g/mol. The van der Waals surface area contributed by atoms with Crippen LogP contribution in [0.4, 0.5) is 0 Å². The zero-order valence-electron chi connectivity index (χ0n) is 9.28. The van der Waals surface area contributed by atoms with E-state index in [1.165, 1.54) is 19.3 Å². The minimum atomic E-state index is -0.0118. The third-order valence-corrected chi connectivity index (χ3v) is 3.80. The minimum absolute atomic E-state index is 0.0118. The van der Waals surface area contributed by atoms with E-state index in [1.807, 2.05) is 0 Å². The number of carbonyl (C=O) groups excluding carboxylic acids is 1. The van der Waals surface area contributed by atoms with Crippen LogP contribution >= 0.6 is 0 Å². The molecule has 0 saturated heterocycles. The molecule has 0 amide bonds. The number of carbonyl (C=O) groups is 1. The zero-order chi connectivity index (χ0) is 10.7. The van der Waals surface area contributed by atoms with Crippen molar-refractivity contribution in [2.75, 3.05) is 6.61 Å². The summed E-state index contributed by atoms with van der Waals surface area (Å²) in [5.41, 5.74) is 5.76. The molecular formula is C12H21NO2. The second-order valence-corrected chi connectivity index (χ2v) is 5.02. The highest BCUT2D eigenvalue weighted by atomic mass is 16.5. The van der Waals surface area contributed by atoms with E-state index in [4.69, 9.17) is 10.5 Å². The van der Waals surface area contributed by atoms with Crippen LogP contribution in [0.3, 0.4) is 0 Å². The molecule has 0 radical (unpaired) electrons. The molecule has 2 unspecified atom stereocenters.